The molecule has 0 aromatic heterocycles. The van der Waals surface area contributed by atoms with Crippen molar-refractivity contribution >= 4 is 11.9 Å². The minimum Gasteiger partial charge on any atom is -0.481 e. The number of imide groups is 1. The molecule has 5 heteroatoms. The van der Waals surface area contributed by atoms with Crippen molar-refractivity contribution in [1.82, 2.24) is 10.6 Å². The second-order valence-corrected chi connectivity index (χ2v) is 4.15. The van der Waals surface area contributed by atoms with Crippen LogP contribution in [-0.4, -0.2) is 25.1 Å². The SMILES string of the molecule is CNC(=O)NC(=O)C(C)Oc1cc(C)cc(C)c1. The molecule has 0 fully saturated rings. The Balaban J connectivity index is 2.66. The highest BCUT2D eigenvalue weighted by molar-refractivity contribution is 5.96. The second kappa shape index (κ2) is 6.05. The highest BCUT2D eigenvalue weighted by atomic mass is 16.5. The van der Waals surface area contributed by atoms with E-state index in [2.05, 4.69) is 10.6 Å². The molecule has 0 aliphatic heterocycles. The summed E-state index contributed by atoms with van der Waals surface area (Å²) in [5, 5.41) is 4.47. The molecule has 2 N–H and O–H groups in total. The van der Waals surface area contributed by atoms with Gasteiger partial charge in [-0.15, -0.1) is 0 Å². The standard InChI is InChI=1S/C13H18N2O3/c1-8-5-9(2)7-11(6-8)18-10(3)12(16)15-13(17)14-4/h5-7,10H,1-4H3,(H2,14,15,16,17). The summed E-state index contributed by atoms with van der Waals surface area (Å²) in [6, 6.07) is 5.16. The zero-order valence-corrected chi connectivity index (χ0v) is 11.0. The maximum atomic E-state index is 11.6. The number of amides is 3. The fourth-order valence-corrected chi connectivity index (χ4v) is 1.53. The van der Waals surface area contributed by atoms with E-state index in [0.29, 0.717) is 5.75 Å². The molecule has 1 atom stereocenters. The van der Waals surface area contributed by atoms with Crippen LogP contribution in [0.3, 0.4) is 0 Å². The lowest BCUT2D eigenvalue weighted by molar-refractivity contribution is -0.126. The third kappa shape index (κ3) is 4.08. The predicted octanol–water partition coefficient (Wildman–Crippen LogP) is 1.53. The first-order chi connectivity index (χ1) is 8.42. The number of ether oxygens (including phenoxy) is 1. The molecule has 0 radical (unpaired) electrons. The third-order valence-electron chi connectivity index (χ3n) is 2.34. The molecule has 0 saturated carbocycles. The van der Waals surface area contributed by atoms with E-state index in [1.165, 1.54) is 7.05 Å². The topological polar surface area (TPSA) is 67.4 Å². The molecular weight excluding hydrogens is 232 g/mol. The van der Waals surface area contributed by atoms with E-state index in [9.17, 15) is 9.59 Å². The molecule has 0 aliphatic rings. The van der Waals surface area contributed by atoms with Crippen molar-refractivity contribution in [3.8, 4) is 5.75 Å². The van der Waals surface area contributed by atoms with Gasteiger partial charge in [0.15, 0.2) is 6.10 Å². The van der Waals surface area contributed by atoms with Crippen LogP contribution in [0.25, 0.3) is 0 Å². The van der Waals surface area contributed by atoms with Crippen molar-refractivity contribution in [3.05, 3.63) is 29.3 Å². The number of nitrogens with one attached hydrogen (secondary N) is 2. The van der Waals surface area contributed by atoms with Crippen molar-refractivity contribution in [1.29, 1.82) is 0 Å². The van der Waals surface area contributed by atoms with E-state index < -0.39 is 18.0 Å². The van der Waals surface area contributed by atoms with E-state index in [1.807, 2.05) is 32.0 Å². The summed E-state index contributed by atoms with van der Waals surface area (Å²) in [5.41, 5.74) is 2.12. The molecule has 5 nitrogen and oxygen atoms in total. The Hall–Kier alpha value is -2.04. The van der Waals surface area contributed by atoms with Gasteiger partial charge in [0.1, 0.15) is 5.75 Å². The van der Waals surface area contributed by atoms with Gasteiger partial charge >= 0.3 is 6.03 Å². The molecule has 1 aromatic carbocycles. The van der Waals surface area contributed by atoms with Crippen LogP contribution in [-0.2, 0) is 4.79 Å². The quantitative estimate of drug-likeness (QED) is 0.854. The Morgan fingerprint density at radius 1 is 1.17 bits per heavy atom. The molecule has 0 spiro atoms. The molecular formula is C13H18N2O3. The first kappa shape index (κ1) is 14.0. The summed E-state index contributed by atoms with van der Waals surface area (Å²) < 4.78 is 5.49. The highest BCUT2D eigenvalue weighted by Crippen LogP contribution is 2.17. The molecule has 0 heterocycles. The lowest BCUT2D eigenvalue weighted by Gasteiger charge is -2.14. The summed E-state index contributed by atoms with van der Waals surface area (Å²) in [5.74, 6) is 0.139. The van der Waals surface area contributed by atoms with Gasteiger partial charge in [0.25, 0.3) is 5.91 Å². The van der Waals surface area contributed by atoms with E-state index in [4.69, 9.17) is 4.74 Å². The van der Waals surface area contributed by atoms with Gasteiger partial charge in [-0.25, -0.2) is 4.79 Å². The predicted molar refractivity (Wildman–Crippen MR) is 68.6 cm³/mol. The fourth-order valence-electron chi connectivity index (χ4n) is 1.53. The molecule has 3 amide bonds. The van der Waals surface area contributed by atoms with Crippen molar-refractivity contribution in [2.75, 3.05) is 7.05 Å². The lowest BCUT2D eigenvalue weighted by atomic mass is 10.1. The van der Waals surface area contributed by atoms with Gasteiger partial charge in [0.2, 0.25) is 0 Å². The van der Waals surface area contributed by atoms with Crippen LogP contribution in [0.1, 0.15) is 18.1 Å². The Labute approximate surface area is 107 Å². The largest absolute Gasteiger partial charge is 0.481 e. The average Bonchev–Trinajstić information content (AvgIpc) is 2.27. The Morgan fingerprint density at radius 2 is 1.72 bits per heavy atom. The first-order valence-corrected chi connectivity index (χ1v) is 5.70. The van der Waals surface area contributed by atoms with E-state index in [1.54, 1.807) is 6.92 Å². The molecule has 0 saturated heterocycles. The normalized spacial score (nSPS) is 11.6. The Morgan fingerprint density at radius 3 is 2.22 bits per heavy atom. The van der Waals surface area contributed by atoms with Crippen LogP contribution < -0.4 is 15.4 Å². The van der Waals surface area contributed by atoms with Crippen LogP contribution in [0.5, 0.6) is 5.75 Å². The molecule has 18 heavy (non-hydrogen) atoms. The van der Waals surface area contributed by atoms with Crippen molar-refractivity contribution < 1.29 is 14.3 Å². The number of carbonyl (C=O) groups is 2. The molecule has 0 aliphatic carbocycles. The smallest absolute Gasteiger partial charge is 0.321 e. The molecule has 1 rings (SSSR count). The third-order valence-corrected chi connectivity index (χ3v) is 2.34. The highest BCUT2D eigenvalue weighted by Gasteiger charge is 2.16. The van der Waals surface area contributed by atoms with Crippen molar-refractivity contribution in [3.63, 3.8) is 0 Å². The van der Waals surface area contributed by atoms with Gasteiger partial charge in [-0.3, -0.25) is 10.1 Å². The average molecular weight is 250 g/mol. The van der Waals surface area contributed by atoms with Gasteiger partial charge in [-0.1, -0.05) is 6.07 Å². The number of carbonyl (C=O) groups excluding carboxylic acids is 2. The number of urea groups is 1. The maximum Gasteiger partial charge on any atom is 0.321 e. The van der Waals surface area contributed by atoms with Gasteiger partial charge < -0.3 is 10.1 Å². The lowest BCUT2D eigenvalue weighted by Crippen LogP contribution is -2.43. The van der Waals surface area contributed by atoms with Crippen molar-refractivity contribution in [2.45, 2.75) is 26.9 Å². The number of aryl methyl sites for hydroxylation is 2. The fraction of sp³-hybridized carbons (Fsp3) is 0.385. The summed E-state index contributed by atoms with van der Waals surface area (Å²) in [6.07, 6.45) is -0.733. The number of benzene rings is 1. The maximum absolute atomic E-state index is 11.6. The van der Waals surface area contributed by atoms with Crippen molar-refractivity contribution in [2.24, 2.45) is 0 Å². The van der Waals surface area contributed by atoms with Gasteiger partial charge in [0, 0.05) is 7.05 Å². The van der Waals surface area contributed by atoms with Gasteiger partial charge in [-0.2, -0.15) is 0 Å². The van der Waals surface area contributed by atoms with E-state index >= 15 is 0 Å². The molecule has 1 aromatic rings. The zero-order chi connectivity index (χ0) is 13.7. The molecule has 1 unspecified atom stereocenters. The minimum absolute atomic E-state index is 0.478. The number of hydrogen-bond acceptors (Lipinski definition) is 3. The molecule has 98 valence electrons. The van der Waals surface area contributed by atoms with Gasteiger partial charge in [0.05, 0.1) is 0 Å². The summed E-state index contributed by atoms with van der Waals surface area (Å²) in [7, 11) is 1.44. The molecule has 0 bridgehead atoms. The Bertz CT molecular complexity index is 437. The van der Waals surface area contributed by atoms with Crippen LogP contribution in [0.2, 0.25) is 0 Å². The van der Waals surface area contributed by atoms with E-state index in [0.717, 1.165) is 11.1 Å². The zero-order valence-electron chi connectivity index (χ0n) is 11.0. The minimum atomic E-state index is -0.733. The van der Waals surface area contributed by atoms with Crippen LogP contribution in [0.4, 0.5) is 4.79 Å². The van der Waals surface area contributed by atoms with Gasteiger partial charge in [-0.05, 0) is 44.0 Å². The van der Waals surface area contributed by atoms with Crippen LogP contribution >= 0.6 is 0 Å². The first-order valence-electron chi connectivity index (χ1n) is 5.70. The summed E-state index contributed by atoms with van der Waals surface area (Å²) in [6.45, 7) is 5.50. The summed E-state index contributed by atoms with van der Waals surface area (Å²) >= 11 is 0. The monoisotopic (exact) mass is 250 g/mol. The summed E-state index contributed by atoms with van der Waals surface area (Å²) in [4.78, 5) is 22.6. The van der Waals surface area contributed by atoms with Crippen LogP contribution in [0, 0.1) is 13.8 Å². The number of hydrogen-bond donors (Lipinski definition) is 2. The Kier molecular flexibility index (Phi) is 4.71. The number of rotatable bonds is 3. The van der Waals surface area contributed by atoms with Crippen LogP contribution in [0.15, 0.2) is 18.2 Å². The van der Waals surface area contributed by atoms with E-state index in [-0.39, 0.29) is 0 Å². The second-order valence-electron chi connectivity index (χ2n) is 4.15.